The van der Waals surface area contributed by atoms with Crippen LogP contribution >= 0.6 is 0 Å². The lowest BCUT2D eigenvalue weighted by Crippen LogP contribution is -2.40. The van der Waals surface area contributed by atoms with Crippen LogP contribution in [0.5, 0.6) is 11.5 Å². The van der Waals surface area contributed by atoms with Crippen molar-refractivity contribution in [1.82, 2.24) is 4.90 Å². The van der Waals surface area contributed by atoms with E-state index < -0.39 is 6.04 Å². The third kappa shape index (κ3) is 2.54. The summed E-state index contributed by atoms with van der Waals surface area (Å²) in [5.41, 5.74) is 0.532. The van der Waals surface area contributed by atoms with Gasteiger partial charge in [0.05, 0.1) is 6.04 Å². The van der Waals surface area contributed by atoms with Crippen LogP contribution in [0.25, 0.3) is 0 Å². The molecule has 5 heteroatoms. The number of rotatable bonds is 4. The number of carbonyl (C=O) groups excluding carboxylic acids is 2. The number of fused-ring (bicyclic) bond motifs is 1. The maximum atomic E-state index is 12.4. The van der Waals surface area contributed by atoms with Gasteiger partial charge in [-0.05, 0) is 24.6 Å². The monoisotopic (exact) mass is 263 g/mol. The molecule has 1 aliphatic rings. The molecule has 5 nitrogen and oxygen atoms in total. The zero-order valence-electron chi connectivity index (χ0n) is 11.3. The van der Waals surface area contributed by atoms with Crippen LogP contribution in [0.4, 0.5) is 0 Å². The summed E-state index contributed by atoms with van der Waals surface area (Å²) >= 11 is 0. The zero-order chi connectivity index (χ0) is 14.0. The lowest BCUT2D eigenvalue weighted by atomic mass is 10.0. The number of nitrogens with zero attached hydrogens (tertiary/aromatic N) is 1. The van der Waals surface area contributed by atoms with Gasteiger partial charge in [0.1, 0.15) is 0 Å². The second-order valence-electron chi connectivity index (χ2n) is 4.49. The molecule has 1 atom stereocenters. The molecule has 1 unspecified atom stereocenters. The van der Waals surface area contributed by atoms with E-state index in [-0.39, 0.29) is 18.5 Å². The van der Waals surface area contributed by atoms with Crippen LogP contribution in [0.1, 0.15) is 30.6 Å². The molecule has 1 aromatic carbocycles. The first kappa shape index (κ1) is 13.4. The van der Waals surface area contributed by atoms with Crippen molar-refractivity contribution in [2.24, 2.45) is 0 Å². The Hall–Kier alpha value is -2.04. The lowest BCUT2D eigenvalue weighted by molar-refractivity contribution is -0.128. The first-order valence-electron chi connectivity index (χ1n) is 6.21. The molecule has 0 radical (unpaired) electrons. The van der Waals surface area contributed by atoms with Gasteiger partial charge < -0.3 is 14.4 Å². The van der Waals surface area contributed by atoms with E-state index >= 15 is 0 Å². The van der Waals surface area contributed by atoms with E-state index in [1.807, 2.05) is 6.92 Å². The standard InChI is InChI=1S/C14H17NO4/c1-4-11(15(3)9(2)16)14(17)10-5-6-12-13(7-10)19-8-18-12/h5-7,11H,4,8H2,1-3H3. The Bertz CT molecular complexity index is 512. The van der Waals surface area contributed by atoms with Gasteiger partial charge in [-0.15, -0.1) is 0 Å². The van der Waals surface area contributed by atoms with E-state index in [4.69, 9.17) is 9.47 Å². The molecule has 1 heterocycles. The molecular weight excluding hydrogens is 246 g/mol. The van der Waals surface area contributed by atoms with Crippen LogP contribution in [-0.4, -0.2) is 36.5 Å². The fraction of sp³-hybridized carbons (Fsp3) is 0.429. The number of hydrogen-bond donors (Lipinski definition) is 0. The summed E-state index contributed by atoms with van der Waals surface area (Å²) in [6, 6.07) is 4.64. The second kappa shape index (κ2) is 5.30. The van der Waals surface area contributed by atoms with Crippen molar-refractivity contribution in [3.8, 4) is 11.5 Å². The van der Waals surface area contributed by atoms with Crippen molar-refractivity contribution in [2.45, 2.75) is 26.3 Å². The Morgan fingerprint density at radius 1 is 1.32 bits per heavy atom. The van der Waals surface area contributed by atoms with Gasteiger partial charge in [-0.3, -0.25) is 9.59 Å². The van der Waals surface area contributed by atoms with Gasteiger partial charge in [0.15, 0.2) is 17.3 Å². The molecule has 1 aromatic rings. The van der Waals surface area contributed by atoms with Crippen molar-refractivity contribution < 1.29 is 19.1 Å². The topological polar surface area (TPSA) is 55.8 Å². The molecule has 0 saturated heterocycles. The number of likely N-dealkylation sites (N-methyl/N-ethyl adjacent to an activating group) is 1. The van der Waals surface area contributed by atoms with E-state index in [1.165, 1.54) is 11.8 Å². The SMILES string of the molecule is CCC(C(=O)c1ccc2c(c1)OCO2)N(C)C(C)=O. The maximum Gasteiger partial charge on any atom is 0.231 e. The van der Waals surface area contributed by atoms with Gasteiger partial charge in [-0.25, -0.2) is 0 Å². The van der Waals surface area contributed by atoms with Gasteiger partial charge in [0.2, 0.25) is 12.7 Å². The molecular formula is C14H17NO4. The summed E-state index contributed by atoms with van der Waals surface area (Å²) in [5, 5.41) is 0. The molecule has 0 aromatic heterocycles. The van der Waals surface area contributed by atoms with Crippen LogP contribution in [0, 0.1) is 0 Å². The number of benzene rings is 1. The summed E-state index contributed by atoms with van der Waals surface area (Å²) in [5.74, 6) is 1.01. The summed E-state index contributed by atoms with van der Waals surface area (Å²) in [4.78, 5) is 25.3. The minimum Gasteiger partial charge on any atom is -0.454 e. The molecule has 0 spiro atoms. The average Bonchev–Trinajstić information content (AvgIpc) is 2.86. The number of carbonyl (C=O) groups is 2. The van der Waals surface area contributed by atoms with Crippen LogP contribution in [0.15, 0.2) is 18.2 Å². The molecule has 0 aliphatic carbocycles. The molecule has 1 aliphatic heterocycles. The predicted octanol–water partition coefficient (Wildman–Crippen LogP) is 1.85. The molecule has 102 valence electrons. The number of ketones is 1. The first-order valence-corrected chi connectivity index (χ1v) is 6.21. The molecule has 0 fully saturated rings. The van der Waals surface area contributed by atoms with Crippen LogP contribution < -0.4 is 9.47 Å². The predicted molar refractivity (Wildman–Crippen MR) is 69.4 cm³/mol. The van der Waals surface area contributed by atoms with Crippen LogP contribution in [0.3, 0.4) is 0 Å². The van der Waals surface area contributed by atoms with Gasteiger partial charge in [-0.1, -0.05) is 6.92 Å². The van der Waals surface area contributed by atoms with E-state index in [0.717, 1.165) is 0 Å². The molecule has 0 bridgehead atoms. The highest BCUT2D eigenvalue weighted by Crippen LogP contribution is 2.33. The van der Waals surface area contributed by atoms with Crippen molar-refractivity contribution >= 4 is 11.7 Å². The number of hydrogen-bond acceptors (Lipinski definition) is 4. The zero-order valence-corrected chi connectivity index (χ0v) is 11.3. The van der Waals surface area contributed by atoms with Gasteiger partial charge in [-0.2, -0.15) is 0 Å². The third-order valence-electron chi connectivity index (χ3n) is 3.31. The smallest absolute Gasteiger partial charge is 0.231 e. The summed E-state index contributed by atoms with van der Waals surface area (Å²) in [7, 11) is 1.64. The van der Waals surface area contributed by atoms with E-state index in [1.54, 1.807) is 25.2 Å². The first-order chi connectivity index (χ1) is 9.04. The highest BCUT2D eigenvalue weighted by Gasteiger charge is 2.26. The largest absolute Gasteiger partial charge is 0.454 e. The minimum absolute atomic E-state index is 0.0847. The Kier molecular flexibility index (Phi) is 3.74. The maximum absolute atomic E-state index is 12.4. The molecule has 19 heavy (non-hydrogen) atoms. The third-order valence-corrected chi connectivity index (χ3v) is 3.31. The summed E-state index contributed by atoms with van der Waals surface area (Å²) in [6.45, 7) is 3.52. The fourth-order valence-corrected chi connectivity index (χ4v) is 2.10. The van der Waals surface area contributed by atoms with Crippen molar-refractivity contribution in [3.63, 3.8) is 0 Å². The van der Waals surface area contributed by atoms with E-state index in [9.17, 15) is 9.59 Å². The Morgan fingerprint density at radius 2 is 2.00 bits per heavy atom. The minimum atomic E-state index is -0.446. The van der Waals surface area contributed by atoms with Crippen molar-refractivity contribution in [1.29, 1.82) is 0 Å². The van der Waals surface area contributed by atoms with Crippen molar-refractivity contribution in [2.75, 3.05) is 13.8 Å². The average molecular weight is 263 g/mol. The Morgan fingerprint density at radius 3 is 2.63 bits per heavy atom. The van der Waals surface area contributed by atoms with Crippen LogP contribution in [0.2, 0.25) is 0 Å². The summed E-state index contributed by atoms with van der Waals surface area (Å²) < 4.78 is 10.5. The van der Waals surface area contributed by atoms with E-state index in [0.29, 0.717) is 23.5 Å². The van der Waals surface area contributed by atoms with Gasteiger partial charge in [0.25, 0.3) is 0 Å². The molecule has 2 rings (SSSR count). The van der Waals surface area contributed by atoms with Gasteiger partial charge in [0, 0.05) is 19.5 Å². The molecule has 1 amide bonds. The van der Waals surface area contributed by atoms with Gasteiger partial charge >= 0.3 is 0 Å². The number of ether oxygens (including phenoxy) is 2. The summed E-state index contributed by atoms with van der Waals surface area (Å²) in [6.07, 6.45) is 0.573. The normalized spacial score (nSPS) is 14.1. The fourth-order valence-electron chi connectivity index (χ4n) is 2.10. The lowest BCUT2D eigenvalue weighted by Gasteiger charge is -2.25. The molecule has 0 N–H and O–H groups in total. The quantitative estimate of drug-likeness (QED) is 0.778. The van der Waals surface area contributed by atoms with E-state index in [2.05, 4.69) is 0 Å². The number of Topliss-reactive ketones (excluding diaryl/α,β-unsaturated/α-hetero) is 1. The van der Waals surface area contributed by atoms with Crippen molar-refractivity contribution in [3.05, 3.63) is 23.8 Å². The number of amides is 1. The Labute approximate surface area is 112 Å². The highest BCUT2D eigenvalue weighted by molar-refractivity contribution is 6.02. The Balaban J connectivity index is 2.25. The van der Waals surface area contributed by atoms with Crippen LogP contribution in [-0.2, 0) is 4.79 Å². The molecule has 0 saturated carbocycles. The highest BCUT2D eigenvalue weighted by atomic mass is 16.7. The second-order valence-corrected chi connectivity index (χ2v) is 4.49.